The summed E-state index contributed by atoms with van der Waals surface area (Å²) in [4.78, 5) is 0. The molecule has 0 heterocycles. The number of benzene rings is 1. The largest absolute Gasteiger partial charge is 0.491 e. The van der Waals surface area contributed by atoms with E-state index in [-0.39, 0.29) is 12.4 Å². The van der Waals surface area contributed by atoms with Crippen molar-refractivity contribution >= 4 is 0 Å². The average Bonchev–Trinajstić information content (AvgIpc) is 2.67. The molecule has 1 aromatic carbocycles. The van der Waals surface area contributed by atoms with Crippen LogP contribution in [0, 0.1) is 5.82 Å². The standard InChI is InChI=1S/C22H29FO4/c1-2-3-11-21(25)22(26)12-9-7-5-4-6-8-10-19(24)17-27-20-15-13-18(23)14-16-20/h4-10,12-16,19,21-22,24-26H,2-3,11,17H2,1H3/b6-4-,7-5+,10-8+,12-9+/t19-,21+,22-/m1/s1. The molecule has 0 radical (unpaired) electrons. The Morgan fingerprint density at radius 1 is 0.926 bits per heavy atom. The fraction of sp³-hybridized carbons (Fsp3) is 0.364. The molecule has 0 amide bonds. The van der Waals surface area contributed by atoms with Gasteiger partial charge >= 0.3 is 0 Å². The topological polar surface area (TPSA) is 69.9 Å². The molecule has 5 heteroatoms. The maximum absolute atomic E-state index is 12.8. The van der Waals surface area contributed by atoms with Gasteiger partial charge in [0.15, 0.2) is 0 Å². The zero-order valence-corrected chi connectivity index (χ0v) is 15.6. The Morgan fingerprint density at radius 2 is 1.52 bits per heavy atom. The molecule has 1 rings (SSSR count). The first kappa shape index (κ1) is 22.8. The molecule has 0 unspecified atom stereocenters. The predicted molar refractivity (Wildman–Crippen MR) is 106 cm³/mol. The molecular weight excluding hydrogens is 347 g/mol. The van der Waals surface area contributed by atoms with E-state index in [1.54, 1.807) is 48.6 Å². The lowest BCUT2D eigenvalue weighted by atomic mass is 10.1. The van der Waals surface area contributed by atoms with E-state index in [0.717, 1.165) is 12.8 Å². The van der Waals surface area contributed by atoms with Crippen LogP contribution in [0.5, 0.6) is 5.75 Å². The molecular formula is C22H29FO4. The van der Waals surface area contributed by atoms with Crippen molar-refractivity contribution < 1.29 is 24.4 Å². The Kier molecular flexibility index (Phi) is 11.8. The van der Waals surface area contributed by atoms with Gasteiger partial charge in [-0.25, -0.2) is 4.39 Å². The number of rotatable bonds is 12. The van der Waals surface area contributed by atoms with Crippen molar-refractivity contribution in [3.63, 3.8) is 0 Å². The molecule has 4 nitrogen and oxygen atoms in total. The second-order valence-electron chi connectivity index (χ2n) is 6.07. The van der Waals surface area contributed by atoms with Crippen molar-refractivity contribution in [1.82, 2.24) is 0 Å². The second kappa shape index (κ2) is 13.9. The minimum atomic E-state index is -0.860. The Labute approximate surface area is 160 Å². The molecule has 0 aliphatic rings. The monoisotopic (exact) mass is 376 g/mol. The molecule has 0 aliphatic carbocycles. The lowest BCUT2D eigenvalue weighted by Gasteiger charge is -2.13. The van der Waals surface area contributed by atoms with Crippen LogP contribution in [0.1, 0.15) is 26.2 Å². The van der Waals surface area contributed by atoms with Crippen LogP contribution in [-0.2, 0) is 0 Å². The maximum Gasteiger partial charge on any atom is 0.123 e. The molecule has 0 saturated carbocycles. The summed E-state index contributed by atoms with van der Waals surface area (Å²) in [6.45, 7) is 2.11. The number of aliphatic hydroxyl groups excluding tert-OH is 3. The summed E-state index contributed by atoms with van der Waals surface area (Å²) in [6, 6.07) is 5.60. The van der Waals surface area contributed by atoms with Gasteiger partial charge in [0, 0.05) is 0 Å². The van der Waals surface area contributed by atoms with Crippen molar-refractivity contribution in [2.75, 3.05) is 6.61 Å². The lowest BCUT2D eigenvalue weighted by molar-refractivity contribution is 0.0418. The summed E-state index contributed by atoms with van der Waals surface area (Å²) < 4.78 is 18.1. The Hall–Kier alpha value is -2.21. The third kappa shape index (κ3) is 11.2. The molecule has 3 atom stereocenters. The zero-order valence-electron chi connectivity index (χ0n) is 15.6. The fourth-order valence-corrected chi connectivity index (χ4v) is 2.11. The van der Waals surface area contributed by atoms with Crippen molar-refractivity contribution in [2.24, 2.45) is 0 Å². The van der Waals surface area contributed by atoms with Crippen LogP contribution in [0.2, 0.25) is 0 Å². The normalized spacial score (nSPS) is 15.9. The minimum absolute atomic E-state index is 0.0762. The van der Waals surface area contributed by atoms with Crippen molar-refractivity contribution in [3.8, 4) is 5.75 Å². The molecule has 148 valence electrons. The third-order valence-electron chi connectivity index (χ3n) is 3.68. The van der Waals surface area contributed by atoms with Crippen LogP contribution in [0.15, 0.2) is 72.9 Å². The first-order valence-electron chi connectivity index (χ1n) is 9.13. The van der Waals surface area contributed by atoms with Gasteiger partial charge in [-0.2, -0.15) is 0 Å². The molecule has 1 aromatic rings. The number of aliphatic hydroxyl groups is 3. The van der Waals surface area contributed by atoms with Gasteiger partial charge in [0.1, 0.15) is 24.3 Å². The second-order valence-corrected chi connectivity index (χ2v) is 6.07. The van der Waals surface area contributed by atoms with E-state index in [1.165, 1.54) is 24.3 Å². The smallest absolute Gasteiger partial charge is 0.123 e. The Bertz CT molecular complexity index is 620. The van der Waals surface area contributed by atoms with Crippen LogP contribution in [0.3, 0.4) is 0 Å². The molecule has 0 spiro atoms. The van der Waals surface area contributed by atoms with E-state index in [1.807, 2.05) is 6.92 Å². The molecule has 0 aliphatic heterocycles. The molecule has 0 aromatic heterocycles. The van der Waals surface area contributed by atoms with Crippen LogP contribution in [0.4, 0.5) is 4.39 Å². The quantitative estimate of drug-likeness (QED) is 0.487. The van der Waals surface area contributed by atoms with Gasteiger partial charge in [-0.1, -0.05) is 68.4 Å². The first-order valence-corrected chi connectivity index (χ1v) is 9.13. The van der Waals surface area contributed by atoms with E-state index >= 15 is 0 Å². The summed E-state index contributed by atoms with van der Waals surface area (Å²) in [5.41, 5.74) is 0. The highest BCUT2D eigenvalue weighted by molar-refractivity contribution is 5.22. The van der Waals surface area contributed by atoms with Gasteiger partial charge in [-0.15, -0.1) is 0 Å². The van der Waals surface area contributed by atoms with Crippen molar-refractivity contribution in [2.45, 2.75) is 44.5 Å². The molecule has 0 bridgehead atoms. The van der Waals surface area contributed by atoms with Crippen LogP contribution >= 0.6 is 0 Å². The van der Waals surface area contributed by atoms with Crippen molar-refractivity contribution in [3.05, 3.63) is 78.7 Å². The fourth-order valence-electron chi connectivity index (χ4n) is 2.11. The van der Waals surface area contributed by atoms with E-state index < -0.39 is 18.3 Å². The summed E-state index contributed by atoms with van der Waals surface area (Å²) in [6.07, 6.45) is 13.6. The summed E-state index contributed by atoms with van der Waals surface area (Å²) in [7, 11) is 0. The number of ether oxygens (including phenoxy) is 1. The van der Waals surface area contributed by atoms with E-state index in [2.05, 4.69) is 0 Å². The van der Waals surface area contributed by atoms with Gasteiger partial charge in [-0.3, -0.25) is 0 Å². The van der Waals surface area contributed by atoms with Crippen LogP contribution in [-0.4, -0.2) is 40.2 Å². The number of halogens is 1. The molecule has 3 N–H and O–H groups in total. The van der Waals surface area contributed by atoms with E-state index in [4.69, 9.17) is 4.74 Å². The minimum Gasteiger partial charge on any atom is -0.491 e. The number of unbranched alkanes of at least 4 members (excludes halogenated alkanes) is 1. The SMILES string of the molecule is CCCC[C@H](O)[C@H](O)/C=C/C=C/C=C\C=C\[C@@H](O)COc1ccc(F)cc1. The number of allylic oxidation sites excluding steroid dienone is 6. The maximum atomic E-state index is 12.8. The van der Waals surface area contributed by atoms with Gasteiger partial charge in [0.2, 0.25) is 0 Å². The first-order chi connectivity index (χ1) is 13.0. The third-order valence-corrected chi connectivity index (χ3v) is 3.68. The van der Waals surface area contributed by atoms with Crippen LogP contribution in [0.25, 0.3) is 0 Å². The number of hydrogen-bond donors (Lipinski definition) is 3. The van der Waals surface area contributed by atoms with Crippen LogP contribution < -0.4 is 4.74 Å². The highest BCUT2D eigenvalue weighted by atomic mass is 19.1. The Morgan fingerprint density at radius 3 is 2.15 bits per heavy atom. The molecule has 27 heavy (non-hydrogen) atoms. The summed E-state index contributed by atoms with van der Waals surface area (Å²) in [5.74, 6) is 0.161. The van der Waals surface area contributed by atoms with E-state index in [0.29, 0.717) is 12.2 Å². The Balaban J connectivity index is 2.25. The predicted octanol–water partition coefficient (Wildman–Crippen LogP) is 3.70. The number of hydrogen-bond acceptors (Lipinski definition) is 4. The highest BCUT2D eigenvalue weighted by Gasteiger charge is 2.11. The summed E-state index contributed by atoms with van der Waals surface area (Å²) in [5, 5.41) is 29.2. The van der Waals surface area contributed by atoms with E-state index in [9.17, 15) is 19.7 Å². The van der Waals surface area contributed by atoms with Crippen molar-refractivity contribution in [1.29, 1.82) is 0 Å². The summed E-state index contributed by atoms with van der Waals surface area (Å²) >= 11 is 0. The molecule has 0 saturated heterocycles. The van der Waals surface area contributed by atoms with Gasteiger partial charge in [0.05, 0.1) is 12.2 Å². The zero-order chi connectivity index (χ0) is 19.9. The highest BCUT2D eigenvalue weighted by Crippen LogP contribution is 2.11. The molecule has 0 fully saturated rings. The van der Waals surface area contributed by atoms with Gasteiger partial charge < -0.3 is 20.1 Å². The lowest BCUT2D eigenvalue weighted by Crippen LogP contribution is -2.23. The average molecular weight is 376 g/mol. The van der Waals surface area contributed by atoms with Gasteiger partial charge in [0.25, 0.3) is 0 Å². The van der Waals surface area contributed by atoms with Gasteiger partial charge in [-0.05, 0) is 30.7 Å².